The molecule has 1 aliphatic rings. The number of ether oxygens (including phenoxy) is 2. The molecule has 1 aromatic heterocycles. The van der Waals surface area contributed by atoms with Crippen molar-refractivity contribution in [3.63, 3.8) is 0 Å². The predicted octanol–water partition coefficient (Wildman–Crippen LogP) is 6.69. The Hall–Kier alpha value is -3.63. The molecule has 0 saturated carbocycles. The van der Waals surface area contributed by atoms with Crippen molar-refractivity contribution >= 4 is 11.6 Å². The lowest BCUT2D eigenvalue weighted by Gasteiger charge is -2.18. The van der Waals surface area contributed by atoms with Crippen molar-refractivity contribution in [2.75, 3.05) is 13.2 Å². The zero-order chi connectivity index (χ0) is 23.9. The molecule has 0 spiro atoms. The molecule has 4 rings (SSSR count). The highest BCUT2D eigenvalue weighted by atomic mass is 16.5. The van der Waals surface area contributed by atoms with Crippen LogP contribution in [0.25, 0.3) is 11.6 Å². The Kier molecular flexibility index (Phi) is 7.61. The molecule has 2 aromatic carbocycles. The highest BCUT2D eigenvalue weighted by Crippen LogP contribution is 2.31. The molecular weight excluding hydrogens is 422 g/mol. The van der Waals surface area contributed by atoms with Gasteiger partial charge >= 0.3 is 0 Å². The van der Waals surface area contributed by atoms with Crippen LogP contribution < -0.4 is 4.74 Å². The van der Waals surface area contributed by atoms with Crippen LogP contribution in [0.4, 0.5) is 0 Å². The van der Waals surface area contributed by atoms with Gasteiger partial charge in [-0.1, -0.05) is 36.9 Å². The highest BCUT2D eigenvalue weighted by molar-refractivity contribution is 5.80. The van der Waals surface area contributed by atoms with Gasteiger partial charge in [-0.15, -0.1) is 0 Å². The number of benzene rings is 2. The van der Waals surface area contributed by atoms with Crippen LogP contribution in [0.1, 0.15) is 35.2 Å². The number of rotatable bonds is 9. The first-order valence-electron chi connectivity index (χ1n) is 11.6. The van der Waals surface area contributed by atoms with Gasteiger partial charge in [0.15, 0.2) is 0 Å². The molecule has 1 N–H and O–H groups in total. The number of phenols is 1. The van der Waals surface area contributed by atoms with E-state index in [2.05, 4.69) is 23.7 Å². The molecule has 0 bridgehead atoms. The molecule has 1 atom stereocenters. The molecule has 0 radical (unpaired) electrons. The van der Waals surface area contributed by atoms with Crippen LogP contribution in [0.15, 0.2) is 90.7 Å². The van der Waals surface area contributed by atoms with E-state index in [1.165, 1.54) is 0 Å². The Morgan fingerprint density at radius 2 is 1.85 bits per heavy atom. The Bertz CT molecular complexity index is 1170. The molecule has 1 aliphatic heterocycles. The maximum absolute atomic E-state index is 10.2. The largest absolute Gasteiger partial charge is 0.507 e. The van der Waals surface area contributed by atoms with Crippen molar-refractivity contribution in [3.8, 4) is 11.5 Å². The van der Waals surface area contributed by atoms with Gasteiger partial charge in [0.05, 0.1) is 18.4 Å². The molecule has 0 aliphatic carbocycles. The van der Waals surface area contributed by atoms with Crippen LogP contribution in [0.5, 0.6) is 11.5 Å². The molecule has 0 amide bonds. The number of hydrogen-bond donors (Lipinski definition) is 1. The van der Waals surface area contributed by atoms with E-state index in [0.29, 0.717) is 19.0 Å². The third-order valence-corrected chi connectivity index (χ3v) is 6.04. The zero-order valence-electron chi connectivity index (χ0n) is 19.8. The number of para-hydroxylation sites is 1. The molecule has 34 heavy (non-hydrogen) atoms. The first-order valence-corrected chi connectivity index (χ1v) is 11.6. The summed E-state index contributed by atoms with van der Waals surface area (Å²) >= 11 is 0. The molecule has 174 valence electrons. The lowest BCUT2D eigenvalue weighted by Crippen LogP contribution is -2.15. The van der Waals surface area contributed by atoms with E-state index in [4.69, 9.17) is 9.47 Å². The van der Waals surface area contributed by atoms with Gasteiger partial charge in [0.1, 0.15) is 18.1 Å². The summed E-state index contributed by atoms with van der Waals surface area (Å²) in [5.74, 6) is 1.18. The zero-order valence-corrected chi connectivity index (χ0v) is 19.8. The van der Waals surface area contributed by atoms with E-state index in [0.717, 1.165) is 57.7 Å². The number of hydrogen-bond acceptors (Lipinski definition) is 4. The smallest absolute Gasteiger partial charge is 0.121 e. The average Bonchev–Trinajstić information content (AvgIpc) is 3.33. The van der Waals surface area contributed by atoms with E-state index in [9.17, 15) is 5.11 Å². The van der Waals surface area contributed by atoms with Crippen molar-refractivity contribution in [2.45, 2.75) is 32.8 Å². The molecule has 0 fully saturated rings. The molecule has 0 saturated heterocycles. The van der Waals surface area contributed by atoms with Crippen LogP contribution in [0.2, 0.25) is 0 Å². The number of allylic oxidation sites excluding steroid dienone is 1. The Labute approximate surface area is 201 Å². The van der Waals surface area contributed by atoms with Crippen molar-refractivity contribution in [3.05, 3.63) is 113 Å². The Balaban J connectivity index is 1.48. The van der Waals surface area contributed by atoms with Gasteiger partial charge in [-0.2, -0.15) is 0 Å². The monoisotopic (exact) mass is 453 g/mol. The number of pyridine rings is 1. The van der Waals surface area contributed by atoms with Gasteiger partial charge in [-0.25, -0.2) is 0 Å². The molecule has 1 unspecified atom stereocenters. The Morgan fingerprint density at radius 3 is 2.56 bits per heavy atom. The third-order valence-electron chi connectivity index (χ3n) is 6.04. The quantitative estimate of drug-likeness (QED) is 0.392. The van der Waals surface area contributed by atoms with Gasteiger partial charge in [0.25, 0.3) is 0 Å². The summed E-state index contributed by atoms with van der Waals surface area (Å²) in [7, 11) is 0. The summed E-state index contributed by atoms with van der Waals surface area (Å²) in [5.41, 5.74) is 6.92. The van der Waals surface area contributed by atoms with Crippen molar-refractivity contribution in [1.82, 2.24) is 4.98 Å². The van der Waals surface area contributed by atoms with Crippen molar-refractivity contribution in [1.29, 1.82) is 0 Å². The van der Waals surface area contributed by atoms with Gasteiger partial charge < -0.3 is 14.6 Å². The maximum Gasteiger partial charge on any atom is 0.121 e. The fraction of sp³-hybridized carbons (Fsp3) is 0.233. The van der Waals surface area contributed by atoms with Crippen LogP contribution in [0.3, 0.4) is 0 Å². The maximum atomic E-state index is 10.2. The molecular formula is C30H31NO3. The minimum Gasteiger partial charge on any atom is -0.507 e. The number of aromatic nitrogens is 1. The third kappa shape index (κ3) is 5.83. The second-order valence-corrected chi connectivity index (χ2v) is 8.61. The number of aromatic hydroxyl groups is 1. The van der Waals surface area contributed by atoms with Crippen LogP contribution >= 0.6 is 0 Å². The SMILES string of the molecule is C=C(COc1ccccc1)C1=CCOC1CC/C(=C/c1cc(C)c(O)c(C)c1)c1ccccn1. The highest BCUT2D eigenvalue weighted by Gasteiger charge is 2.23. The Morgan fingerprint density at radius 1 is 1.12 bits per heavy atom. The van der Waals surface area contributed by atoms with Gasteiger partial charge in [-0.05, 0) is 103 Å². The fourth-order valence-corrected chi connectivity index (χ4v) is 4.24. The lowest BCUT2D eigenvalue weighted by atomic mass is 9.94. The second kappa shape index (κ2) is 11.0. The number of nitrogens with zero attached hydrogens (tertiary/aromatic N) is 1. The molecule has 4 heteroatoms. The second-order valence-electron chi connectivity index (χ2n) is 8.61. The van der Waals surface area contributed by atoms with Crippen molar-refractivity contribution in [2.24, 2.45) is 0 Å². The normalized spacial score (nSPS) is 15.8. The van der Waals surface area contributed by atoms with E-state index in [-0.39, 0.29) is 6.10 Å². The minimum atomic E-state index is -0.0257. The van der Waals surface area contributed by atoms with Gasteiger partial charge in [0.2, 0.25) is 0 Å². The molecule has 3 aromatic rings. The molecule has 4 nitrogen and oxygen atoms in total. The van der Waals surface area contributed by atoms with E-state index in [1.807, 2.05) is 80.7 Å². The van der Waals surface area contributed by atoms with E-state index >= 15 is 0 Å². The summed E-state index contributed by atoms with van der Waals surface area (Å²) in [6, 6.07) is 19.8. The summed E-state index contributed by atoms with van der Waals surface area (Å²) in [6.45, 7) is 9.13. The van der Waals surface area contributed by atoms with Gasteiger partial charge in [-0.3, -0.25) is 4.98 Å². The summed E-state index contributed by atoms with van der Waals surface area (Å²) in [5, 5.41) is 10.2. The van der Waals surface area contributed by atoms with Crippen LogP contribution in [0, 0.1) is 13.8 Å². The first-order chi connectivity index (χ1) is 16.5. The minimum absolute atomic E-state index is 0.0257. The van der Waals surface area contributed by atoms with Gasteiger partial charge in [0, 0.05) is 6.20 Å². The van der Waals surface area contributed by atoms with E-state index < -0.39 is 0 Å². The van der Waals surface area contributed by atoms with Crippen molar-refractivity contribution < 1.29 is 14.6 Å². The molecule has 2 heterocycles. The average molecular weight is 454 g/mol. The predicted molar refractivity (Wildman–Crippen MR) is 138 cm³/mol. The summed E-state index contributed by atoms with van der Waals surface area (Å²) in [6.07, 6.45) is 7.67. The topological polar surface area (TPSA) is 51.6 Å². The number of aryl methyl sites for hydroxylation is 2. The summed E-state index contributed by atoms with van der Waals surface area (Å²) < 4.78 is 11.9. The van der Waals surface area contributed by atoms with E-state index in [1.54, 1.807) is 0 Å². The standard InChI is InChI=1S/C30H31NO3/c1-21-17-24(18-22(2)30(21)32)19-25(28-11-7-8-15-31-28)12-13-29-27(14-16-33-29)23(3)20-34-26-9-5-4-6-10-26/h4-11,14-15,17-19,29,32H,3,12-13,16,20H2,1-2H3/b25-19-. The first kappa shape index (κ1) is 23.5. The van der Waals surface area contributed by atoms with Crippen LogP contribution in [-0.4, -0.2) is 29.4 Å². The summed E-state index contributed by atoms with van der Waals surface area (Å²) in [4.78, 5) is 4.59. The van der Waals surface area contributed by atoms with Crippen LogP contribution in [-0.2, 0) is 4.74 Å². The lowest BCUT2D eigenvalue weighted by molar-refractivity contribution is 0.117. The fourth-order valence-electron chi connectivity index (χ4n) is 4.24. The number of phenolic OH excluding ortho intramolecular Hbond substituents is 1.